The third-order valence-corrected chi connectivity index (χ3v) is 2.80. The van der Waals surface area contributed by atoms with Crippen LogP contribution in [0.2, 0.25) is 0 Å². The van der Waals surface area contributed by atoms with Crippen molar-refractivity contribution in [3.63, 3.8) is 0 Å². The summed E-state index contributed by atoms with van der Waals surface area (Å²) in [4.78, 5) is 23.2. The lowest BCUT2D eigenvalue weighted by Crippen LogP contribution is -2.06. The monoisotopic (exact) mass is 294 g/mol. The molecule has 0 N–H and O–H groups in total. The molecule has 0 aliphatic rings. The molecule has 0 radical (unpaired) electrons. The van der Waals surface area contributed by atoms with Crippen molar-refractivity contribution in [2.75, 3.05) is 7.11 Å². The Bertz CT molecular complexity index is 749. The minimum atomic E-state index is -0.483. The molecule has 0 saturated heterocycles. The first kappa shape index (κ1) is 15.3. The summed E-state index contributed by atoms with van der Waals surface area (Å²) in [5, 5.41) is 0. The minimum absolute atomic E-state index is 0.212. The summed E-state index contributed by atoms with van der Waals surface area (Å²) >= 11 is 0. The van der Waals surface area contributed by atoms with Crippen molar-refractivity contribution in [1.82, 2.24) is 0 Å². The minimum Gasteiger partial charge on any atom is -0.497 e. The van der Waals surface area contributed by atoms with E-state index in [2.05, 4.69) is 11.8 Å². The molecular formula is C18H14O4. The van der Waals surface area contributed by atoms with Crippen LogP contribution in [0.25, 0.3) is 0 Å². The van der Waals surface area contributed by atoms with Crippen LogP contribution in [0.15, 0.2) is 48.5 Å². The molecular weight excluding hydrogens is 280 g/mol. The maximum atomic E-state index is 12.2. The van der Waals surface area contributed by atoms with Gasteiger partial charge in [0.25, 0.3) is 0 Å². The van der Waals surface area contributed by atoms with Gasteiger partial charge in [0, 0.05) is 12.5 Å². The lowest BCUT2D eigenvalue weighted by molar-refractivity contribution is -0.131. The molecule has 0 heterocycles. The van der Waals surface area contributed by atoms with Crippen LogP contribution in [0.3, 0.4) is 0 Å². The molecule has 0 fully saturated rings. The summed E-state index contributed by atoms with van der Waals surface area (Å²) in [7, 11) is 1.58. The standard InChI is InChI=1S/C18H14O4/c1-13(19)22-18-6-4-3-5-16(18)17(20)12-9-14-7-10-15(21-2)11-8-14/h3-8,10-11H,1-2H3. The Balaban J connectivity index is 2.22. The van der Waals surface area contributed by atoms with Gasteiger partial charge in [-0.25, -0.2) is 0 Å². The maximum Gasteiger partial charge on any atom is 0.308 e. The summed E-state index contributed by atoms with van der Waals surface area (Å²) in [5.74, 6) is 5.36. The number of para-hydroxylation sites is 1. The number of carbonyl (C=O) groups is 2. The van der Waals surface area contributed by atoms with Crippen molar-refractivity contribution in [2.24, 2.45) is 0 Å². The average Bonchev–Trinajstić information content (AvgIpc) is 2.53. The van der Waals surface area contributed by atoms with Gasteiger partial charge in [-0.3, -0.25) is 9.59 Å². The summed E-state index contributed by atoms with van der Waals surface area (Å²) < 4.78 is 10.1. The second-order valence-corrected chi connectivity index (χ2v) is 4.40. The van der Waals surface area contributed by atoms with Gasteiger partial charge in [0.1, 0.15) is 11.5 Å². The molecule has 0 aliphatic heterocycles. The first-order valence-electron chi connectivity index (χ1n) is 6.58. The highest BCUT2D eigenvalue weighted by molar-refractivity contribution is 6.11. The zero-order valence-corrected chi connectivity index (χ0v) is 12.3. The normalized spacial score (nSPS) is 9.36. The van der Waals surface area contributed by atoms with Gasteiger partial charge in [0.15, 0.2) is 0 Å². The van der Waals surface area contributed by atoms with E-state index < -0.39 is 11.8 Å². The zero-order valence-electron chi connectivity index (χ0n) is 12.3. The molecule has 4 nitrogen and oxygen atoms in total. The fourth-order valence-corrected chi connectivity index (χ4v) is 1.77. The van der Waals surface area contributed by atoms with E-state index in [1.807, 2.05) is 0 Å². The van der Waals surface area contributed by atoms with Crippen molar-refractivity contribution in [3.8, 4) is 23.3 Å². The molecule has 2 aromatic carbocycles. The Labute approximate surface area is 128 Å². The third kappa shape index (κ3) is 3.97. The summed E-state index contributed by atoms with van der Waals surface area (Å²) in [6.45, 7) is 1.28. The van der Waals surface area contributed by atoms with Gasteiger partial charge in [-0.2, -0.15) is 0 Å². The van der Waals surface area contributed by atoms with Gasteiger partial charge in [0.05, 0.1) is 12.7 Å². The molecule has 4 heteroatoms. The lowest BCUT2D eigenvalue weighted by Gasteiger charge is -2.04. The Morgan fingerprint density at radius 3 is 2.32 bits per heavy atom. The first-order chi connectivity index (χ1) is 10.6. The van der Waals surface area contributed by atoms with Crippen molar-refractivity contribution >= 4 is 11.8 Å². The predicted molar refractivity (Wildman–Crippen MR) is 82.0 cm³/mol. The van der Waals surface area contributed by atoms with Crippen molar-refractivity contribution in [3.05, 3.63) is 59.7 Å². The largest absolute Gasteiger partial charge is 0.497 e. The van der Waals surface area contributed by atoms with Gasteiger partial charge >= 0.3 is 5.97 Å². The third-order valence-electron chi connectivity index (χ3n) is 2.80. The van der Waals surface area contributed by atoms with Crippen molar-refractivity contribution in [1.29, 1.82) is 0 Å². The molecule has 0 amide bonds. The second-order valence-electron chi connectivity index (χ2n) is 4.40. The number of Topliss-reactive ketones (excluding diaryl/α,β-unsaturated/α-hetero) is 1. The van der Waals surface area contributed by atoms with E-state index in [9.17, 15) is 9.59 Å². The van der Waals surface area contributed by atoms with E-state index in [1.54, 1.807) is 55.6 Å². The Morgan fingerprint density at radius 2 is 1.68 bits per heavy atom. The van der Waals surface area contributed by atoms with Crippen LogP contribution >= 0.6 is 0 Å². The van der Waals surface area contributed by atoms with Gasteiger partial charge < -0.3 is 9.47 Å². The van der Waals surface area contributed by atoms with Gasteiger partial charge in [-0.05, 0) is 42.3 Å². The number of benzene rings is 2. The van der Waals surface area contributed by atoms with Crippen LogP contribution in [0.5, 0.6) is 11.5 Å². The topological polar surface area (TPSA) is 52.6 Å². The fraction of sp³-hybridized carbons (Fsp3) is 0.111. The highest BCUT2D eigenvalue weighted by Gasteiger charge is 2.11. The highest BCUT2D eigenvalue weighted by Crippen LogP contribution is 2.18. The zero-order chi connectivity index (χ0) is 15.9. The molecule has 110 valence electrons. The van der Waals surface area contributed by atoms with Crippen molar-refractivity contribution < 1.29 is 19.1 Å². The van der Waals surface area contributed by atoms with Crippen LogP contribution in [0.4, 0.5) is 0 Å². The molecule has 0 saturated carbocycles. The van der Waals surface area contributed by atoms with Crippen LogP contribution in [0, 0.1) is 11.8 Å². The number of rotatable bonds is 3. The molecule has 0 bridgehead atoms. The van der Waals surface area contributed by atoms with E-state index in [0.29, 0.717) is 5.56 Å². The summed E-state index contributed by atoms with van der Waals surface area (Å²) in [6, 6.07) is 13.6. The second kappa shape index (κ2) is 7.09. The fourth-order valence-electron chi connectivity index (χ4n) is 1.77. The lowest BCUT2D eigenvalue weighted by atomic mass is 10.1. The quantitative estimate of drug-likeness (QED) is 0.378. The van der Waals surface area contributed by atoms with E-state index >= 15 is 0 Å². The number of carbonyl (C=O) groups excluding carboxylic acids is 2. The van der Waals surface area contributed by atoms with Crippen molar-refractivity contribution in [2.45, 2.75) is 6.92 Å². The number of hydrogen-bond acceptors (Lipinski definition) is 4. The number of hydrogen-bond donors (Lipinski definition) is 0. The van der Waals surface area contributed by atoms with E-state index in [-0.39, 0.29) is 11.3 Å². The Kier molecular flexibility index (Phi) is 4.94. The SMILES string of the molecule is COc1ccc(C#CC(=O)c2ccccc2OC(C)=O)cc1. The average molecular weight is 294 g/mol. The van der Waals surface area contributed by atoms with E-state index in [0.717, 1.165) is 5.75 Å². The molecule has 0 unspecified atom stereocenters. The summed E-state index contributed by atoms with van der Waals surface area (Å²) in [6.07, 6.45) is 0. The number of ketones is 1. The van der Waals surface area contributed by atoms with E-state index in [1.165, 1.54) is 6.92 Å². The number of ether oxygens (including phenoxy) is 2. The highest BCUT2D eigenvalue weighted by atomic mass is 16.5. The smallest absolute Gasteiger partial charge is 0.308 e. The van der Waals surface area contributed by atoms with Gasteiger partial charge in [-0.15, -0.1) is 0 Å². The molecule has 0 aliphatic carbocycles. The molecule has 2 rings (SSSR count). The van der Waals surface area contributed by atoms with E-state index in [4.69, 9.17) is 9.47 Å². The van der Waals surface area contributed by atoms with Gasteiger partial charge in [-0.1, -0.05) is 18.1 Å². The van der Waals surface area contributed by atoms with Crippen LogP contribution < -0.4 is 9.47 Å². The number of methoxy groups -OCH3 is 1. The molecule has 2 aromatic rings. The Hall–Kier alpha value is -3.06. The number of esters is 1. The summed E-state index contributed by atoms with van der Waals surface area (Å²) in [5.41, 5.74) is 0.956. The molecule has 0 atom stereocenters. The molecule has 22 heavy (non-hydrogen) atoms. The predicted octanol–water partition coefficient (Wildman–Crippen LogP) is 2.85. The van der Waals surface area contributed by atoms with Crippen LogP contribution in [0.1, 0.15) is 22.8 Å². The Morgan fingerprint density at radius 1 is 1.00 bits per heavy atom. The molecule has 0 spiro atoms. The maximum absolute atomic E-state index is 12.2. The first-order valence-corrected chi connectivity index (χ1v) is 6.58. The molecule has 0 aromatic heterocycles. The van der Waals surface area contributed by atoms with Crippen LogP contribution in [-0.2, 0) is 4.79 Å². The van der Waals surface area contributed by atoms with Crippen LogP contribution in [-0.4, -0.2) is 18.9 Å². The van der Waals surface area contributed by atoms with Gasteiger partial charge in [0.2, 0.25) is 5.78 Å².